The third kappa shape index (κ3) is 1.23. The molecule has 0 unspecified atom stereocenters. The molecule has 1 heterocycles. The Morgan fingerprint density at radius 1 is 0.611 bits per heavy atom. The largest absolute Gasteiger partial charge is 0.159 e. The van der Waals surface area contributed by atoms with Crippen molar-refractivity contribution in [1.82, 2.24) is 10.2 Å². The molecule has 0 radical (unpaired) electrons. The van der Waals surface area contributed by atoms with Gasteiger partial charge in [0, 0.05) is 5.39 Å². The second-order valence-corrected chi connectivity index (χ2v) is 4.41. The zero-order valence-corrected chi connectivity index (χ0v) is 9.67. The minimum Gasteiger partial charge on any atom is -0.159 e. The van der Waals surface area contributed by atoms with Crippen LogP contribution in [0.15, 0.2) is 60.8 Å². The van der Waals surface area contributed by atoms with Crippen LogP contribution in [0.5, 0.6) is 0 Å². The monoisotopic (exact) mass is 230 g/mol. The first-order chi connectivity index (χ1) is 8.93. The summed E-state index contributed by atoms with van der Waals surface area (Å²) in [6, 6.07) is 19.0. The lowest BCUT2D eigenvalue weighted by Crippen LogP contribution is -1.84. The van der Waals surface area contributed by atoms with E-state index in [1.54, 1.807) is 6.20 Å². The van der Waals surface area contributed by atoms with Gasteiger partial charge in [0.05, 0.1) is 11.7 Å². The third-order valence-electron chi connectivity index (χ3n) is 3.42. The highest BCUT2D eigenvalue weighted by Crippen LogP contribution is 2.29. The number of aromatic nitrogens is 2. The van der Waals surface area contributed by atoms with Gasteiger partial charge >= 0.3 is 0 Å². The second kappa shape index (κ2) is 3.50. The number of rotatable bonds is 0. The predicted octanol–water partition coefficient (Wildman–Crippen LogP) is 3.94. The molecule has 0 aliphatic heterocycles. The Balaban J connectivity index is 2.31. The van der Waals surface area contributed by atoms with Crippen LogP contribution in [0.2, 0.25) is 0 Å². The number of nitrogens with zero attached hydrogens (tertiary/aromatic N) is 2. The second-order valence-electron chi connectivity index (χ2n) is 4.41. The zero-order chi connectivity index (χ0) is 11.9. The molecule has 0 amide bonds. The van der Waals surface area contributed by atoms with Gasteiger partial charge in [-0.15, -0.1) is 0 Å². The summed E-state index contributed by atoms with van der Waals surface area (Å²) in [5, 5.41) is 14.3. The maximum absolute atomic E-state index is 4.16. The molecule has 0 N–H and O–H groups in total. The van der Waals surface area contributed by atoms with Crippen LogP contribution >= 0.6 is 0 Å². The number of fused-ring (bicyclic) bond motifs is 5. The molecule has 0 atom stereocenters. The lowest BCUT2D eigenvalue weighted by molar-refractivity contribution is 1.08. The van der Waals surface area contributed by atoms with Crippen molar-refractivity contribution in [3.8, 4) is 0 Å². The van der Waals surface area contributed by atoms with Crippen molar-refractivity contribution < 1.29 is 0 Å². The van der Waals surface area contributed by atoms with Crippen molar-refractivity contribution >= 4 is 32.4 Å². The van der Waals surface area contributed by atoms with Gasteiger partial charge in [0.25, 0.3) is 0 Å². The molecule has 4 aromatic rings. The van der Waals surface area contributed by atoms with Gasteiger partial charge in [-0.25, -0.2) is 0 Å². The van der Waals surface area contributed by atoms with Gasteiger partial charge in [0.1, 0.15) is 0 Å². The molecule has 0 fully saturated rings. The Labute approximate surface area is 104 Å². The molecular formula is C16H10N2. The van der Waals surface area contributed by atoms with Crippen LogP contribution in [0.1, 0.15) is 0 Å². The summed E-state index contributed by atoms with van der Waals surface area (Å²) in [5.41, 5.74) is 0.945. The molecule has 3 aromatic carbocycles. The average Bonchev–Trinajstić information content (AvgIpc) is 2.46. The average molecular weight is 230 g/mol. The van der Waals surface area contributed by atoms with Gasteiger partial charge in [-0.3, -0.25) is 0 Å². The molecule has 0 bridgehead atoms. The smallest absolute Gasteiger partial charge is 0.0936 e. The highest BCUT2D eigenvalue weighted by atomic mass is 15.1. The predicted molar refractivity (Wildman–Crippen MR) is 74.6 cm³/mol. The van der Waals surface area contributed by atoms with Gasteiger partial charge in [-0.2, -0.15) is 10.2 Å². The Hall–Kier alpha value is -2.48. The van der Waals surface area contributed by atoms with Crippen molar-refractivity contribution in [2.24, 2.45) is 0 Å². The maximum Gasteiger partial charge on any atom is 0.0936 e. The first kappa shape index (κ1) is 9.54. The van der Waals surface area contributed by atoms with E-state index in [0.29, 0.717) is 0 Å². The summed E-state index contributed by atoms with van der Waals surface area (Å²) < 4.78 is 0. The Morgan fingerprint density at radius 3 is 2.44 bits per heavy atom. The number of benzene rings is 3. The van der Waals surface area contributed by atoms with E-state index in [1.807, 2.05) is 12.1 Å². The van der Waals surface area contributed by atoms with Crippen molar-refractivity contribution in [2.75, 3.05) is 0 Å². The van der Waals surface area contributed by atoms with E-state index in [2.05, 4.69) is 52.7 Å². The van der Waals surface area contributed by atoms with E-state index in [-0.39, 0.29) is 0 Å². The molecule has 2 nitrogen and oxygen atoms in total. The molecule has 0 saturated carbocycles. The molecule has 0 aliphatic carbocycles. The van der Waals surface area contributed by atoms with E-state index >= 15 is 0 Å². The summed E-state index contributed by atoms with van der Waals surface area (Å²) in [6.07, 6.45) is 1.75. The Bertz CT molecular complexity index is 806. The summed E-state index contributed by atoms with van der Waals surface area (Å²) >= 11 is 0. The van der Waals surface area contributed by atoms with Crippen molar-refractivity contribution in [1.29, 1.82) is 0 Å². The minimum absolute atomic E-state index is 0.945. The van der Waals surface area contributed by atoms with Gasteiger partial charge < -0.3 is 0 Å². The van der Waals surface area contributed by atoms with Crippen LogP contribution in [0.4, 0.5) is 0 Å². The number of hydrogen-bond acceptors (Lipinski definition) is 2. The topological polar surface area (TPSA) is 25.8 Å². The third-order valence-corrected chi connectivity index (χ3v) is 3.42. The summed E-state index contributed by atoms with van der Waals surface area (Å²) in [6.45, 7) is 0. The maximum atomic E-state index is 4.16. The quantitative estimate of drug-likeness (QED) is 0.428. The lowest BCUT2D eigenvalue weighted by Gasteiger charge is -2.06. The van der Waals surface area contributed by atoms with Gasteiger partial charge in [-0.1, -0.05) is 42.5 Å². The summed E-state index contributed by atoms with van der Waals surface area (Å²) in [4.78, 5) is 0. The Morgan fingerprint density at radius 2 is 1.44 bits per heavy atom. The van der Waals surface area contributed by atoms with Gasteiger partial charge in [0.2, 0.25) is 0 Å². The van der Waals surface area contributed by atoms with Crippen LogP contribution in [-0.4, -0.2) is 10.2 Å². The van der Waals surface area contributed by atoms with Gasteiger partial charge in [-0.05, 0) is 33.7 Å². The van der Waals surface area contributed by atoms with Crippen LogP contribution in [0.25, 0.3) is 32.4 Å². The molecular weight excluding hydrogens is 220 g/mol. The van der Waals surface area contributed by atoms with Crippen LogP contribution < -0.4 is 0 Å². The van der Waals surface area contributed by atoms with E-state index < -0.39 is 0 Å². The molecule has 84 valence electrons. The highest BCUT2D eigenvalue weighted by Gasteiger charge is 2.04. The first-order valence-corrected chi connectivity index (χ1v) is 5.95. The highest BCUT2D eigenvalue weighted by molar-refractivity contribution is 6.16. The molecule has 0 aliphatic rings. The van der Waals surface area contributed by atoms with Crippen LogP contribution in [0.3, 0.4) is 0 Å². The van der Waals surface area contributed by atoms with Crippen molar-refractivity contribution in [3.05, 3.63) is 60.8 Å². The first-order valence-electron chi connectivity index (χ1n) is 5.95. The van der Waals surface area contributed by atoms with Crippen molar-refractivity contribution in [2.45, 2.75) is 0 Å². The summed E-state index contributed by atoms with van der Waals surface area (Å²) in [7, 11) is 0. The molecule has 1 aromatic heterocycles. The number of hydrogen-bond donors (Lipinski definition) is 0. The van der Waals surface area contributed by atoms with Crippen LogP contribution in [0, 0.1) is 0 Å². The fourth-order valence-corrected chi connectivity index (χ4v) is 2.57. The molecule has 18 heavy (non-hydrogen) atoms. The Kier molecular flexibility index (Phi) is 1.86. The molecule has 4 rings (SSSR count). The molecule has 0 spiro atoms. The van der Waals surface area contributed by atoms with Crippen LogP contribution in [-0.2, 0) is 0 Å². The van der Waals surface area contributed by atoms with E-state index in [9.17, 15) is 0 Å². The fourth-order valence-electron chi connectivity index (χ4n) is 2.57. The minimum atomic E-state index is 0.945. The van der Waals surface area contributed by atoms with Crippen molar-refractivity contribution in [3.63, 3.8) is 0 Å². The lowest BCUT2D eigenvalue weighted by atomic mass is 9.99. The SMILES string of the molecule is c1ccc2c(c1)ccc1c3ccnnc3ccc21. The molecule has 2 heteroatoms. The normalized spacial score (nSPS) is 11.3. The fraction of sp³-hybridized carbons (Fsp3) is 0. The zero-order valence-electron chi connectivity index (χ0n) is 9.67. The van der Waals surface area contributed by atoms with E-state index in [1.165, 1.54) is 21.5 Å². The molecule has 0 saturated heterocycles. The van der Waals surface area contributed by atoms with E-state index in [0.717, 1.165) is 10.9 Å². The van der Waals surface area contributed by atoms with Gasteiger partial charge in [0.15, 0.2) is 0 Å². The van der Waals surface area contributed by atoms with E-state index in [4.69, 9.17) is 0 Å². The summed E-state index contributed by atoms with van der Waals surface area (Å²) in [5.74, 6) is 0. The standard InChI is InChI=1S/C16H10N2/c1-2-4-12-11(3-1)5-6-14-13(12)7-8-16-15(14)9-10-17-18-16/h1-10H.